The Morgan fingerprint density at radius 2 is 1.86 bits per heavy atom. The highest BCUT2D eigenvalue weighted by molar-refractivity contribution is 6.24. The first-order chi connectivity index (χ1) is 20.9. The van der Waals surface area contributed by atoms with E-state index in [-0.39, 0.29) is 53.9 Å². The minimum Gasteiger partial charge on any atom is -0.474 e. The molecule has 7 rings (SSSR count). The average Bonchev–Trinajstić information content (AvgIpc) is 3.62. The predicted octanol–water partition coefficient (Wildman–Crippen LogP) is 4.46. The van der Waals surface area contributed by atoms with Crippen molar-refractivity contribution in [2.75, 3.05) is 6.61 Å². The van der Waals surface area contributed by atoms with Crippen LogP contribution in [0.5, 0.6) is 5.88 Å². The number of aliphatic hydroxyl groups is 2. The van der Waals surface area contributed by atoms with Gasteiger partial charge in [-0.2, -0.15) is 0 Å². The van der Waals surface area contributed by atoms with Gasteiger partial charge in [0.25, 0.3) is 0 Å². The standard InChI is InChI=1S/C35H46N2O7/c1-17(2)42-30-15-36-26(14-37-30)21-12-28(39)35-29(44-35)13-20-24-8-7-23(19(4)27-11-18(3)22(16-38)32(41)43-27)33(24,5)10-9-25(20)34(35,6)31(21)40/h12,14-15,17,19-20,23-25,27-29,38-39H,7-11,13,16H2,1-6H3/t19-,20-,23+,24-,25-,27?,28-,29+,33+,34-,35+/m0/s1. The zero-order valence-corrected chi connectivity index (χ0v) is 26.7. The Labute approximate surface area is 259 Å². The number of Topliss-reactive ketones (excluding diaryl/α,β-unsaturated/α-hetero) is 1. The van der Waals surface area contributed by atoms with Crippen LogP contribution in [0.3, 0.4) is 0 Å². The lowest BCUT2D eigenvalue weighted by Crippen LogP contribution is -2.64. The largest absolute Gasteiger partial charge is 0.474 e. The predicted molar refractivity (Wildman–Crippen MR) is 161 cm³/mol. The molecule has 0 aromatic carbocycles. The van der Waals surface area contributed by atoms with E-state index < -0.39 is 17.1 Å². The Balaban J connectivity index is 1.16. The first kappa shape index (κ1) is 30.1. The number of hydrogen-bond acceptors (Lipinski definition) is 9. The van der Waals surface area contributed by atoms with E-state index in [9.17, 15) is 19.8 Å². The van der Waals surface area contributed by atoms with Crippen LogP contribution >= 0.6 is 0 Å². The number of esters is 1. The molecule has 1 aromatic heterocycles. The van der Waals surface area contributed by atoms with Crippen molar-refractivity contribution in [2.24, 2.45) is 40.4 Å². The van der Waals surface area contributed by atoms with Crippen molar-refractivity contribution in [1.29, 1.82) is 0 Å². The number of fused-ring (bicyclic) bond motifs is 4. The third-order valence-electron chi connectivity index (χ3n) is 13.0. The van der Waals surface area contributed by atoms with Crippen molar-refractivity contribution >= 4 is 17.3 Å². The summed E-state index contributed by atoms with van der Waals surface area (Å²) in [4.78, 5) is 36.2. The lowest BCUT2D eigenvalue weighted by atomic mass is 9.43. The third kappa shape index (κ3) is 4.00. The molecule has 9 heteroatoms. The van der Waals surface area contributed by atoms with E-state index in [0.29, 0.717) is 46.9 Å². The molecule has 2 N–H and O–H groups in total. The van der Waals surface area contributed by atoms with Gasteiger partial charge >= 0.3 is 5.97 Å². The van der Waals surface area contributed by atoms with E-state index in [2.05, 4.69) is 23.8 Å². The minimum atomic E-state index is -0.898. The number of nitrogens with zero attached hydrogens (tertiary/aromatic N) is 2. The molecule has 3 saturated carbocycles. The third-order valence-corrected chi connectivity index (χ3v) is 13.0. The lowest BCUT2D eigenvalue weighted by Gasteiger charge is -2.58. The van der Waals surface area contributed by atoms with Crippen LogP contribution in [0.1, 0.15) is 85.8 Å². The lowest BCUT2D eigenvalue weighted by molar-refractivity contribution is -0.155. The number of ketones is 1. The summed E-state index contributed by atoms with van der Waals surface area (Å²) in [6.45, 7) is 12.2. The number of allylic oxidation sites excluding steroid dienone is 1. The first-order valence-electron chi connectivity index (χ1n) is 16.5. The quantitative estimate of drug-likeness (QED) is 0.356. The van der Waals surface area contributed by atoms with Crippen LogP contribution in [0, 0.1) is 40.4 Å². The van der Waals surface area contributed by atoms with Crippen molar-refractivity contribution < 1.29 is 34.0 Å². The van der Waals surface area contributed by atoms with Gasteiger partial charge in [0.15, 0.2) is 5.78 Å². The maximum Gasteiger partial charge on any atom is 0.336 e. The van der Waals surface area contributed by atoms with Gasteiger partial charge in [0, 0.05) is 12.0 Å². The van der Waals surface area contributed by atoms with Crippen LogP contribution < -0.4 is 4.74 Å². The van der Waals surface area contributed by atoms with E-state index in [0.717, 1.165) is 37.7 Å². The number of ether oxygens (including phenoxy) is 3. The Bertz CT molecular complexity index is 1440. The first-order valence-corrected chi connectivity index (χ1v) is 16.5. The van der Waals surface area contributed by atoms with Gasteiger partial charge in [-0.25, -0.2) is 14.8 Å². The summed E-state index contributed by atoms with van der Waals surface area (Å²) in [6.07, 6.45) is 8.98. The molecule has 2 aliphatic heterocycles. The summed E-state index contributed by atoms with van der Waals surface area (Å²) in [5.41, 5.74) is 0.493. The van der Waals surface area contributed by atoms with Crippen LogP contribution in [0.2, 0.25) is 0 Å². The molecule has 1 spiro atoms. The van der Waals surface area contributed by atoms with Crippen molar-refractivity contribution in [3.63, 3.8) is 0 Å². The SMILES string of the molecule is CC1=C(CO)C(=O)OC([C@@H](C)[C@H]2CC[C@H]3[C@@H]4C[C@H]5O[C@]56[C@@H](O)C=C(c5cnc(OC(C)C)cn5)C(=O)[C@]6(C)[C@H]4CC[C@]23C)C1. The molecule has 6 aliphatic rings. The van der Waals surface area contributed by atoms with Gasteiger partial charge in [-0.1, -0.05) is 19.4 Å². The highest BCUT2D eigenvalue weighted by Crippen LogP contribution is 2.73. The molecule has 0 radical (unpaired) electrons. The van der Waals surface area contributed by atoms with Crippen molar-refractivity contribution in [3.8, 4) is 5.88 Å². The summed E-state index contributed by atoms with van der Waals surface area (Å²) in [5.74, 6) is 1.39. The highest BCUT2D eigenvalue weighted by atomic mass is 16.6. The Morgan fingerprint density at radius 1 is 1.09 bits per heavy atom. The Morgan fingerprint density at radius 3 is 2.52 bits per heavy atom. The molecular weight excluding hydrogens is 560 g/mol. The average molecular weight is 607 g/mol. The summed E-state index contributed by atoms with van der Waals surface area (Å²) in [6, 6.07) is 0. The van der Waals surface area contributed by atoms with E-state index in [4.69, 9.17) is 14.2 Å². The maximum atomic E-state index is 14.6. The minimum absolute atomic E-state index is 0.00517. The second-order valence-corrected chi connectivity index (χ2v) is 15.1. The molecule has 4 fully saturated rings. The fourth-order valence-electron chi connectivity index (χ4n) is 10.8. The molecule has 238 valence electrons. The van der Waals surface area contributed by atoms with Gasteiger partial charge in [-0.3, -0.25) is 4.79 Å². The number of carbonyl (C=O) groups excluding carboxylic acids is 2. The number of carbonyl (C=O) groups is 2. The van der Waals surface area contributed by atoms with Crippen LogP contribution in [-0.2, 0) is 19.1 Å². The topological polar surface area (TPSA) is 131 Å². The smallest absolute Gasteiger partial charge is 0.336 e. The normalized spacial score (nSPS) is 43.4. The Kier molecular flexibility index (Phi) is 6.96. The second-order valence-electron chi connectivity index (χ2n) is 15.1. The number of rotatable bonds is 6. The summed E-state index contributed by atoms with van der Waals surface area (Å²) in [7, 11) is 0. The van der Waals surface area contributed by atoms with Crippen LogP contribution in [-0.4, -0.2) is 68.6 Å². The molecule has 9 nitrogen and oxygen atoms in total. The second kappa shape index (κ2) is 10.2. The fraction of sp³-hybridized carbons (Fsp3) is 0.714. The number of cyclic esters (lactones) is 1. The van der Waals surface area contributed by atoms with E-state index in [1.165, 1.54) is 0 Å². The van der Waals surface area contributed by atoms with Gasteiger partial charge in [0.2, 0.25) is 5.88 Å². The molecule has 0 bridgehead atoms. The maximum absolute atomic E-state index is 14.6. The number of aliphatic hydroxyl groups excluding tert-OH is 2. The van der Waals surface area contributed by atoms with E-state index in [1.54, 1.807) is 18.5 Å². The molecule has 1 aromatic rings. The molecular formula is C35H46N2O7. The zero-order chi connectivity index (χ0) is 31.3. The number of aromatic nitrogens is 2. The van der Waals surface area contributed by atoms with Gasteiger partial charge in [0.1, 0.15) is 17.8 Å². The number of hydrogen-bond donors (Lipinski definition) is 2. The highest BCUT2D eigenvalue weighted by Gasteiger charge is 2.81. The van der Waals surface area contributed by atoms with Gasteiger partial charge in [-0.15, -0.1) is 0 Å². The molecule has 0 amide bonds. The van der Waals surface area contributed by atoms with Crippen molar-refractivity contribution in [2.45, 2.75) is 110 Å². The fourth-order valence-corrected chi connectivity index (χ4v) is 10.8. The van der Waals surface area contributed by atoms with Crippen molar-refractivity contribution in [3.05, 3.63) is 35.3 Å². The van der Waals surface area contributed by atoms with Crippen LogP contribution in [0.15, 0.2) is 29.6 Å². The van der Waals surface area contributed by atoms with Gasteiger partial charge in [-0.05, 0) is 101 Å². The summed E-state index contributed by atoms with van der Waals surface area (Å²) in [5, 5.41) is 21.2. The summed E-state index contributed by atoms with van der Waals surface area (Å²) < 4.78 is 18.0. The van der Waals surface area contributed by atoms with Crippen LogP contribution in [0.25, 0.3) is 5.57 Å². The monoisotopic (exact) mass is 606 g/mol. The molecule has 1 saturated heterocycles. The number of epoxide rings is 1. The molecule has 1 unspecified atom stereocenters. The van der Waals surface area contributed by atoms with Crippen LogP contribution in [0.4, 0.5) is 0 Å². The molecule has 44 heavy (non-hydrogen) atoms. The molecule has 3 heterocycles. The summed E-state index contributed by atoms with van der Waals surface area (Å²) >= 11 is 0. The molecule has 11 atom stereocenters. The van der Waals surface area contributed by atoms with Gasteiger partial charge in [0.05, 0.1) is 47.9 Å². The van der Waals surface area contributed by atoms with Crippen molar-refractivity contribution in [1.82, 2.24) is 9.97 Å². The van der Waals surface area contributed by atoms with E-state index in [1.807, 2.05) is 27.7 Å². The zero-order valence-electron chi connectivity index (χ0n) is 26.7. The molecule has 4 aliphatic carbocycles. The Hall–Kier alpha value is -2.62. The van der Waals surface area contributed by atoms with Gasteiger partial charge < -0.3 is 24.4 Å². The van der Waals surface area contributed by atoms with E-state index >= 15 is 0 Å².